The van der Waals surface area contributed by atoms with Crippen molar-refractivity contribution in [2.45, 2.75) is 31.8 Å². The fraction of sp³-hybridized carbons (Fsp3) is 0.471. The summed E-state index contributed by atoms with van der Waals surface area (Å²) in [5.74, 6) is -0.0776. The average molecular weight is 313 g/mol. The Bertz CT molecular complexity index is 646. The number of aryl methyl sites for hydroxylation is 1. The lowest BCUT2D eigenvalue weighted by molar-refractivity contribution is 0.0891. The molecule has 0 spiro atoms. The van der Waals surface area contributed by atoms with Crippen LogP contribution in [0, 0.1) is 0 Å². The monoisotopic (exact) mass is 313 g/mol. The number of pyridine rings is 1. The quantitative estimate of drug-likeness (QED) is 0.934. The first kappa shape index (κ1) is 15.7. The average Bonchev–Trinajstić information content (AvgIpc) is 3.02. The maximum absolute atomic E-state index is 12.2. The molecule has 6 heteroatoms. The Hall–Kier alpha value is -2.21. The molecule has 1 aliphatic heterocycles. The first-order valence-electron chi connectivity index (χ1n) is 8.06. The van der Waals surface area contributed by atoms with E-state index in [-0.39, 0.29) is 11.9 Å². The fourth-order valence-corrected chi connectivity index (χ4v) is 3.07. The van der Waals surface area contributed by atoms with Gasteiger partial charge in [0, 0.05) is 50.8 Å². The molecule has 6 nitrogen and oxygen atoms in total. The predicted molar refractivity (Wildman–Crippen MR) is 87.9 cm³/mol. The van der Waals surface area contributed by atoms with Gasteiger partial charge in [-0.05, 0) is 37.5 Å². The zero-order valence-electron chi connectivity index (χ0n) is 13.6. The second kappa shape index (κ2) is 6.91. The van der Waals surface area contributed by atoms with Crippen molar-refractivity contribution in [3.63, 3.8) is 0 Å². The van der Waals surface area contributed by atoms with Gasteiger partial charge in [0.1, 0.15) is 5.69 Å². The molecule has 2 aromatic rings. The van der Waals surface area contributed by atoms with Crippen LogP contribution in [-0.2, 0) is 7.05 Å². The van der Waals surface area contributed by atoms with Crippen molar-refractivity contribution in [2.24, 2.45) is 7.05 Å². The highest BCUT2D eigenvalue weighted by atomic mass is 16.2. The van der Waals surface area contributed by atoms with Crippen molar-refractivity contribution < 1.29 is 4.79 Å². The van der Waals surface area contributed by atoms with E-state index in [1.807, 2.05) is 19.4 Å². The molecule has 1 amide bonds. The normalized spacial score (nSPS) is 17.8. The summed E-state index contributed by atoms with van der Waals surface area (Å²) >= 11 is 0. The molecule has 1 N–H and O–H groups in total. The second-order valence-electron chi connectivity index (χ2n) is 6.16. The van der Waals surface area contributed by atoms with Crippen molar-refractivity contribution in [3.8, 4) is 0 Å². The number of amides is 1. The minimum absolute atomic E-state index is 0.0776. The van der Waals surface area contributed by atoms with E-state index in [4.69, 9.17) is 0 Å². The van der Waals surface area contributed by atoms with Gasteiger partial charge in [-0.1, -0.05) is 0 Å². The number of hydrogen-bond acceptors (Lipinski definition) is 4. The van der Waals surface area contributed by atoms with Gasteiger partial charge in [0.25, 0.3) is 5.91 Å². The van der Waals surface area contributed by atoms with E-state index in [2.05, 4.69) is 39.2 Å². The Morgan fingerprint density at radius 3 is 2.61 bits per heavy atom. The first-order chi connectivity index (χ1) is 11.1. The van der Waals surface area contributed by atoms with Crippen LogP contribution in [0.2, 0.25) is 0 Å². The molecule has 23 heavy (non-hydrogen) atoms. The molecule has 3 rings (SSSR count). The summed E-state index contributed by atoms with van der Waals surface area (Å²) in [6.07, 6.45) is 9.00. The minimum Gasteiger partial charge on any atom is -0.348 e. The number of piperidine rings is 1. The summed E-state index contributed by atoms with van der Waals surface area (Å²) in [5, 5.41) is 3.10. The molecule has 3 heterocycles. The van der Waals surface area contributed by atoms with Crippen LogP contribution in [-0.4, -0.2) is 44.5 Å². The number of rotatable bonds is 4. The van der Waals surface area contributed by atoms with Crippen LogP contribution < -0.4 is 5.32 Å². The van der Waals surface area contributed by atoms with Crippen LogP contribution in [0.3, 0.4) is 0 Å². The number of hydrogen-bond donors (Lipinski definition) is 1. The Morgan fingerprint density at radius 1 is 1.30 bits per heavy atom. The highest BCUT2D eigenvalue weighted by Gasteiger charge is 2.25. The number of carbonyl (C=O) groups excluding carboxylic acids is 1. The van der Waals surface area contributed by atoms with E-state index in [9.17, 15) is 4.79 Å². The number of aromatic nitrogens is 3. The van der Waals surface area contributed by atoms with E-state index in [1.165, 1.54) is 5.56 Å². The second-order valence-corrected chi connectivity index (χ2v) is 6.16. The van der Waals surface area contributed by atoms with Gasteiger partial charge in [0.05, 0.1) is 6.33 Å². The van der Waals surface area contributed by atoms with Gasteiger partial charge in [-0.2, -0.15) is 0 Å². The first-order valence-corrected chi connectivity index (χ1v) is 8.06. The third-order valence-electron chi connectivity index (χ3n) is 4.54. The Morgan fingerprint density at radius 2 is 2.00 bits per heavy atom. The Labute approximate surface area is 136 Å². The number of nitrogens with one attached hydrogen (secondary N) is 1. The molecule has 1 fully saturated rings. The zero-order valence-corrected chi connectivity index (χ0v) is 13.6. The SMILES string of the molecule is C[C@@H](c1ccncc1)N1CCC(NC(=O)c2cn(C)cn2)CC1. The van der Waals surface area contributed by atoms with E-state index in [1.54, 1.807) is 17.1 Å². The van der Waals surface area contributed by atoms with E-state index in [0.717, 1.165) is 25.9 Å². The van der Waals surface area contributed by atoms with Crippen LogP contribution in [0.1, 0.15) is 41.9 Å². The highest BCUT2D eigenvalue weighted by Crippen LogP contribution is 2.23. The molecule has 2 aromatic heterocycles. The molecule has 0 radical (unpaired) electrons. The van der Waals surface area contributed by atoms with Gasteiger partial charge in [0.2, 0.25) is 0 Å². The van der Waals surface area contributed by atoms with Crippen LogP contribution >= 0.6 is 0 Å². The van der Waals surface area contributed by atoms with Crippen LogP contribution in [0.25, 0.3) is 0 Å². The molecule has 0 unspecified atom stereocenters. The smallest absolute Gasteiger partial charge is 0.271 e. The maximum Gasteiger partial charge on any atom is 0.271 e. The van der Waals surface area contributed by atoms with Crippen molar-refractivity contribution in [1.29, 1.82) is 0 Å². The number of likely N-dealkylation sites (tertiary alicyclic amines) is 1. The van der Waals surface area contributed by atoms with Crippen LogP contribution in [0.4, 0.5) is 0 Å². The largest absolute Gasteiger partial charge is 0.348 e. The summed E-state index contributed by atoms with van der Waals surface area (Å²) in [6.45, 7) is 4.19. The molecule has 1 aliphatic rings. The zero-order chi connectivity index (χ0) is 16.2. The molecule has 0 bridgehead atoms. The maximum atomic E-state index is 12.2. The van der Waals surface area contributed by atoms with Gasteiger partial charge in [-0.25, -0.2) is 4.98 Å². The van der Waals surface area contributed by atoms with Crippen molar-refractivity contribution in [1.82, 2.24) is 24.8 Å². The molecule has 1 saturated heterocycles. The predicted octanol–water partition coefficient (Wildman–Crippen LogP) is 1.77. The standard InChI is InChI=1S/C17H23N5O/c1-13(14-3-7-18-8-4-14)22-9-5-15(6-10-22)20-17(23)16-11-21(2)12-19-16/h3-4,7-8,11-13,15H,5-6,9-10H2,1-2H3,(H,20,23)/t13-/m0/s1. The van der Waals surface area contributed by atoms with E-state index in [0.29, 0.717) is 11.7 Å². The third-order valence-corrected chi connectivity index (χ3v) is 4.54. The van der Waals surface area contributed by atoms with Crippen molar-refractivity contribution >= 4 is 5.91 Å². The number of imidazole rings is 1. The van der Waals surface area contributed by atoms with Gasteiger partial charge in [-0.15, -0.1) is 0 Å². The van der Waals surface area contributed by atoms with Crippen molar-refractivity contribution in [2.75, 3.05) is 13.1 Å². The minimum atomic E-state index is -0.0776. The lowest BCUT2D eigenvalue weighted by Gasteiger charge is -2.36. The summed E-state index contributed by atoms with van der Waals surface area (Å²) in [4.78, 5) is 22.8. The van der Waals surface area contributed by atoms with Gasteiger partial charge in [0.15, 0.2) is 0 Å². The third kappa shape index (κ3) is 3.76. The van der Waals surface area contributed by atoms with Gasteiger partial charge in [-0.3, -0.25) is 14.7 Å². The van der Waals surface area contributed by atoms with Crippen LogP contribution in [0.15, 0.2) is 37.1 Å². The summed E-state index contributed by atoms with van der Waals surface area (Å²) in [5.41, 5.74) is 1.77. The molecule has 1 atom stereocenters. The molecule has 122 valence electrons. The van der Waals surface area contributed by atoms with Crippen molar-refractivity contribution in [3.05, 3.63) is 48.3 Å². The molecular formula is C17H23N5O. The Kier molecular flexibility index (Phi) is 4.71. The lowest BCUT2D eigenvalue weighted by Crippen LogP contribution is -2.45. The molecule has 0 aromatic carbocycles. The topological polar surface area (TPSA) is 63.1 Å². The lowest BCUT2D eigenvalue weighted by atomic mass is 10.0. The van der Waals surface area contributed by atoms with Gasteiger partial charge < -0.3 is 9.88 Å². The summed E-state index contributed by atoms with van der Waals surface area (Å²) in [6, 6.07) is 4.75. The molecule has 0 saturated carbocycles. The fourth-order valence-electron chi connectivity index (χ4n) is 3.07. The summed E-state index contributed by atoms with van der Waals surface area (Å²) in [7, 11) is 1.86. The van der Waals surface area contributed by atoms with E-state index >= 15 is 0 Å². The summed E-state index contributed by atoms with van der Waals surface area (Å²) < 4.78 is 1.79. The molecular weight excluding hydrogens is 290 g/mol. The molecule has 0 aliphatic carbocycles. The van der Waals surface area contributed by atoms with Crippen LogP contribution in [0.5, 0.6) is 0 Å². The Balaban J connectivity index is 1.51. The number of carbonyl (C=O) groups is 1. The number of nitrogens with zero attached hydrogens (tertiary/aromatic N) is 4. The highest BCUT2D eigenvalue weighted by molar-refractivity contribution is 5.92. The van der Waals surface area contributed by atoms with E-state index < -0.39 is 0 Å². The van der Waals surface area contributed by atoms with Gasteiger partial charge >= 0.3 is 0 Å².